The van der Waals surface area contributed by atoms with Crippen LogP contribution in [0.15, 0.2) is 72.8 Å². The van der Waals surface area contributed by atoms with Gasteiger partial charge < -0.3 is 10.5 Å². The van der Waals surface area contributed by atoms with Crippen molar-refractivity contribution in [2.45, 2.75) is 52.5 Å². The predicted molar refractivity (Wildman–Crippen MR) is 158 cm³/mol. The maximum atomic E-state index is 13.7. The highest BCUT2D eigenvalue weighted by Gasteiger charge is 2.36. The lowest BCUT2D eigenvalue weighted by Crippen LogP contribution is -2.50. The number of nitrogens with zero attached hydrogens (tertiary/aromatic N) is 2. The number of fused-ring (bicyclic) bond motifs is 1. The summed E-state index contributed by atoms with van der Waals surface area (Å²) in [5.41, 5.74) is 8.96. The molecule has 1 aliphatic rings. The van der Waals surface area contributed by atoms with Crippen molar-refractivity contribution in [2.24, 2.45) is 17.6 Å². The molecule has 0 bridgehead atoms. The van der Waals surface area contributed by atoms with Crippen molar-refractivity contribution < 1.29 is 23.9 Å². The van der Waals surface area contributed by atoms with Gasteiger partial charge in [-0.3, -0.25) is 19.3 Å². The highest BCUT2D eigenvalue weighted by Crippen LogP contribution is 2.29. The van der Waals surface area contributed by atoms with E-state index in [1.807, 2.05) is 57.2 Å². The smallest absolute Gasteiger partial charge is 0.321 e. The number of amides is 5. The van der Waals surface area contributed by atoms with Crippen LogP contribution in [0.1, 0.15) is 65.5 Å². The van der Waals surface area contributed by atoms with E-state index in [1.54, 1.807) is 43.5 Å². The zero-order valence-electron chi connectivity index (χ0n) is 24.0. The van der Waals surface area contributed by atoms with Gasteiger partial charge in [0.15, 0.2) is 0 Å². The van der Waals surface area contributed by atoms with Crippen molar-refractivity contribution in [1.29, 1.82) is 0 Å². The second-order valence-electron chi connectivity index (χ2n) is 11.0. The quantitative estimate of drug-likeness (QED) is 0.309. The number of benzene rings is 3. The molecule has 1 heterocycles. The standard InChI is InChI=1S/C33H37N3O5/c1-21(2)19-25(30(37)35(33(34)40)22(3)20-24-12-17-27(41-4)18-13-24)14-9-23-10-15-26(16-11-23)36-31(38)28-7-5-6-8-29(28)32(36)39/h5-8,10-13,15-18,21-22,25H,9,14,19-20H2,1-4H3,(H2,34,40)/t22-,25+/m0/s1. The summed E-state index contributed by atoms with van der Waals surface area (Å²) < 4.78 is 5.21. The van der Waals surface area contributed by atoms with Gasteiger partial charge >= 0.3 is 6.03 Å². The number of aryl methyl sites for hydroxylation is 1. The number of rotatable bonds is 11. The molecular weight excluding hydrogens is 518 g/mol. The van der Waals surface area contributed by atoms with Gasteiger partial charge in [-0.2, -0.15) is 0 Å². The van der Waals surface area contributed by atoms with Crippen molar-refractivity contribution in [3.63, 3.8) is 0 Å². The number of carbonyl (C=O) groups is 4. The van der Waals surface area contributed by atoms with Crippen molar-refractivity contribution in [2.75, 3.05) is 12.0 Å². The Labute approximate surface area is 241 Å². The van der Waals surface area contributed by atoms with E-state index in [-0.39, 0.29) is 23.6 Å². The van der Waals surface area contributed by atoms with E-state index in [1.165, 1.54) is 9.80 Å². The Kier molecular flexibility index (Phi) is 9.22. The number of imide groups is 2. The summed E-state index contributed by atoms with van der Waals surface area (Å²) in [6.07, 6.45) is 2.21. The molecule has 8 nitrogen and oxygen atoms in total. The molecule has 3 aromatic carbocycles. The van der Waals surface area contributed by atoms with Crippen LogP contribution in [0, 0.1) is 11.8 Å². The van der Waals surface area contributed by atoms with Gasteiger partial charge in [0.25, 0.3) is 11.8 Å². The zero-order chi connectivity index (χ0) is 29.7. The third-order valence-corrected chi connectivity index (χ3v) is 7.48. The van der Waals surface area contributed by atoms with Gasteiger partial charge in [0, 0.05) is 12.0 Å². The average molecular weight is 556 g/mol. The summed E-state index contributed by atoms with van der Waals surface area (Å²) in [5.74, 6) is -0.358. The minimum Gasteiger partial charge on any atom is -0.497 e. The van der Waals surface area contributed by atoms with Gasteiger partial charge in [-0.1, -0.05) is 50.2 Å². The molecule has 0 aliphatic carbocycles. The maximum absolute atomic E-state index is 13.7. The van der Waals surface area contributed by atoms with Crippen LogP contribution in [0.3, 0.4) is 0 Å². The minimum absolute atomic E-state index is 0.242. The molecule has 8 heteroatoms. The molecule has 0 fully saturated rings. The van der Waals surface area contributed by atoms with E-state index < -0.39 is 18.0 Å². The van der Waals surface area contributed by atoms with E-state index in [4.69, 9.17) is 10.5 Å². The number of nitrogens with two attached hydrogens (primary N) is 1. The summed E-state index contributed by atoms with van der Waals surface area (Å²) >= 11 is 0. The summed E-state index contributed by atoms with van der Waals surface area (Å²) in [7, 11) is 1.60. The van der Waals surface area contributed by atoms with Crippen molar-refractivity contribution in [1.82, 2.24) is 4.90 Å². The predicted octanol–water partition coefficient (Wildman–Crippen LogP) is 5.63. The number of anilines is 1. The second-order valence-corrected chi connectivity index (χ2v) is 11.0. The fourth-order valence-corrected chi connectivity index (χ4v) is 5.42. The molecule has 2 atom stereocenters. The van der Waals surface area contributed by atoms with Crippen molar-refractivity contribution in [3.05, 3.63) is 95.1 Å². The molecule has 1 aliphatic heterocycles. The largest absolute Gasteiger partial charge is 0.497 e. The van der Waals surface area contributed by atoms with Gasteiger partial charge in [-0.25, -0.2) is 9.69 Å². The topological polar surface area (TPSA) is 110 Å². The number of hydrogen-bond acceptors (Lipinski definition) is 5. The molecule has 0 saturated carbocycles. The van der Waals surface area contributed by atoms with Gasteiger partial charge in [-0.05, 0) is 86.1 Å². The Morgan fingerprint density at radius 2 is 1.41 bits per heavy atom. The molecule has 0 saturated heterocycles. The Balaban J connectivity index is 1.44. The zero-order valence-corrected chi connectivity index (χ0v) is 24.0. The SMILES string of the molecule is COc1ccc(C[C@H](C)N(C(N)=O)C(=O)[C@H](CCc2ccc(N3C(=O)c4ccccc4C3=O)cc2)CC(C)C)cc1. The number of carbonyl (C=O) groups excluding carboxylic acids is 4. The van der Waals surface area contributed by atoms with Crippen LogP contribution in [-0.4, -0.2) is 41.8 Å². The lowest BCUT2D eigenvalue weighted by atomic mass is 9.89. The van der Waals surface area contributed by atoms with E-state index in [2.05, 4.69) is 0 Å². The first-order valence-corrected chi connectivity index (χ1v) is 13.9. The van der Waals surface area contributed by atoms with Crippen LogP contribution in [-0.2, 0) is 17.6 Å². The molecular formula is C33H37N3O5. The van der Waals surface area contributed by atoms with Gasteiger partial charge in [-0.15, -0.1) is 0 Å². The number of urea groups is 1. The molecule has 5 amide bonds. The summed E-state index contributed by atoms with van der Waals surface area (Å²) in [6.45, 7) is 5.93. The van der Waals surface area contributed by atoms with Crippen LogP contribution >= 0.6 is 0 Å². The molecule has 4 rings (SSSR count). The van der Waals surface area contributed by atoms with E-state index in [0.29, 0.717) is 42.5 Å². The van der Waals surface area contributed by atoms with Crippen LogP contribution in [0.5, 0.6) is 5.75 Å². The Morgan fingerprint density at radius 1 is 0.854 bits per heavy atom. The fraction of sp³-hybridized carbons (Fsp3) is 0.333. The normalized spacial score (nSPS) is 14.1. The van der Waals surface area contributed by atoms with Crippen LogP contribution < -0.4 is 15.4 Å². The van der Waals surface area contributed by atoms with E-state index in [0.717, 1.165) is 16.9 Å². The number of primary amides is 1. The maximum Gasteiger partial charge on any atom is 0.321 e. The Hall–Kier alpha value is -4.46. The third kappa shape index (κ3) is 6.65. The van der Waals surface area contributed by atoms with Crippen molar-refractivity contribution >= 4 is 29.4 Å². The monoisotopic (exact) mass is 555 g/mol. The molecule has 0 aromatic heterocycles. The van der Waals surface area contributed by atoms with Gasteiger partial charge in [0.05, 0.1) is 23.9 Å². The highest BCUT2D eigenvalue weighted by molar-refractivity contribution is 6.34. The minimum atomic E-state index is -0.755. The summed E-state index contributed by atoms with van der Waals surface area (Å²) in [6, 6.07) is 20.4. The fourth-order valence-electron chi connectivity index (χ4n) is 5.42. The van der Waals surface area contributed by atoms with E-state index >= 15 is 0 Å². The molecule has 0 radical (unpaired) electrons. The average Bonchev–Trinajstić information content (AvgIpc) is 3.21. The number of hydrogen-bond donors (Lipinski definition) is 1. The summed E-state index contributed by atoms with van der Waals surface area (Å²) in [4.78, 5) is 54.2. The van der Waals surface area contributed by atoms with E-state index in [9.17, 15) is 19.2 Å². The molecule has 3 aromatic rings. The highest BCUT2D eigenvalue weighted by atomic mass is 16.5. The Morgan fingerprint density at radius 3 is 1.93 bits per heavy atom. The number of methoxy groups -OCH3 is 1. The first kappa shape index (κ1) is 29.5. The lowest BCUT2D eigenvalue weighted by Gasteiger charge is -2.30. The third-order valence-electron chi connectivity index (χ3n) is 7.48. The molecule has 214 valence electrons. The second kappa shape index (κ2) is 12.8. The lowest BCUT2D eigenvalue weighted by molar-refractivity contribution is -0.134. The van der Waals surface area contributed by atoms with Crippen LogP contribution in [0.2, 0.25) is 0 Å². The molecule has 0 spiro atoms. The first-order chi connectivity index (χ1) is 19.6. The summed E-state index contributed by atoms with van der Waals surface area (Å²) in [5, 5.41) is 0. The van der Waals surface area contributed by atoms with Gasteiger partial charge in [0.1, 0.15) is 5.75 Å². The van der Waals surface area contributed by atoms with Gasteiger partial charge in [0.2, 0.25) is 5.91 Å². The van der Waals surface area contributed by atoms with Crippen molar-refractivity contribution in [3.8, 4) is 5.75 Å². The first-order valence-electron chi connectivity index (χ1n) is 13.9. The molecule has 2 N–H and O–H groups in total. The molecule has 0 unspecified atom stereocenters. The number of ether oxygens (including phenoxy) is 1. The Bertz CT molecular complexity index is 1380. The van der Waals surface area contributed by atoms with Crippen LogP contribution in [0.25, 0.3) is 0 Å². The molecule has 41 heavy (non-hydrogen) atoms. The van der Waals surface area contributed by atoms with Crippen LogP contribution in [0.4, 0.5) is 10.5 Å².